The lowest BCUT2D eigenvalue weighted by Gasteiger charge is -2.03. The van der Waals surface area contributed by atoms with Crippen LogP contribution in [0.1, 0.15) is 16.8 Å². The second-order valence-electron chi connectivity index (χ2n) is 2.93. The maximum atomic E-state index is 5.47. The van der Waals surface area contributed by atoms with Crippen LogP contribution in [0.15, 0.2) is 6.20 Å². The van der Waals surface area contributed by atoms with Crippen LogP contribution in [0.4, 0.5) is 0 Å². The summed E-state index contributed by atoms with van der Waals surface area (Å²) in [5.41, 5.74) is 3.57. The molecule has 11 heavy (non-hydrogen) atoms. The van der Waals surface area contributed by atoms with Crippen molar-refractivity contribution < 1.29 is 4.74 Å². The molecule has 0 amide bonds. The number of hydrogen-bond acceptors (Lipinski definition) is 2. The molecule has 0 radical (unpaired) electrons. The summed E-state index contributed by atoms with van der Waals surface area (Å²) in [5.74, 6) is 1.07. The Morgan fingerprint density at radius 3 is 3.00 bits per heavy atom. The van der Waals surface area contributed by atoms with E-state index in [1.54, 1.807) is 0 Å². The predicted octanol–water partition coefficient (Wildman–Crippen LogP) is 1.63. The van der Waals surface area contributed by atoms with Crippen LogP contribution in [0.2, 0.25) is 0 Å². The summed E-state index contributed by atoms with van der Waals surface area (Å²) in [6, 6.07) is 0. The molecule has 58 valence electrons. The molecular formula is C9H11NO. The minimum absolute atomic E-state index is 0.822. The number of pyridine rings is 1. The first-order chi connectivity index (χ1) is 5.29. The van der Waals surface area contributed by atoms with Gasteiger partial charge in [0.25, 0.3) is 0 Å². The average Bonchev–Trinajstić information content (AvgIpc) is 2.45. The van der Waals surface area contributed by atoms with Crippen LogP contribution in [0, 0.1) is 13.8 Å². The van der Waals surface area contributed by atoms with E-state index in [1.165, 1.54) is 5.56 Å². The smallest absolute Gasteiger partial charge is 0.128 e. The third-order valence-electron chi connectivity index (χ3n) is 2.12. The third kappa shape index (κ3) is 0.897. The van der Waals surface area contributed by atoms with Gasteiger partial charge in [-0.05, 0) is 13.8 Å². The lowest BCUT2D eigenvalue weighted by molar-refractivity contribution is 0.354. The molecule has 0 saturated heterocycles. The van der Waals surface area contributed by atoms with E-state index in [4.69, 9.17) is 4.74 Å². The predicted molar refractivity (Wildman–Crippen MR) is 42.9 cm³/mol. The van der Waals surface area contributed by atoms with Gasteiger partial charge in [0.15, 0.2) is 0 Å². The van der Waals surface area contributed by atoms with Gasteiger partial charge in [-0.3, -0.25) is 4.98 Å². The Morgan fingerprint density at radius 2 is 2.27 bits per heavy atom. The van der Waals surface area contributed by atoms with Crippen LogP contribution in [0.3, 0.4) is 0 Å². The zero-order valence-corrected chi connectivity index (χ0v) is 6.85. The highest BCUT2D eigenvalue weighted by Gasteiger charge is 2.16. The molecular weight excluding hydrogens is 138 g/mol. The molecule has 1 aliphatic rings. The molecule has 0 N–H and O–H groups in total. The number of nitrogens with zero attached hydrogens (tertiary/aromatic N) is 1. The number of ether oxygens (including phenoxy) is 1. The normalized spacial score (nSPS) is 14.4. The highest BCUT2D eigenvalue weighted by atomic mass is 16.5. The molecule has 2 nitrogen and oxygen atoms in total. The Labute approximate surface area is 66.2 Å². The van der Waals surface area contributed by atoms with Gasteiger partial charge in [-0.1, -0.05) is 0 Å². The van der Waals surface area contributed by atoms with Gasteiger partial charge in [-0.15, -0.1) is 0 Å². The minimum atomic E-state index is 0.822. The Bertz CT molecular complexity index is 265. The van der Waals surface area contributed by atoms with E-state index in [-0.39, 0.29) is 0 Å². The summed E-state index contributed by atoms with van der Waals surface area (Å²) < 4.78 is 5.47. The van der Waals surface area contributed by atoms with Crippen LogP contribution in [0.25, 0.3) is 0 Å². The Hall–Kier alpha value is -1.05. The topological polar surface area (TPSA) is 22.1 Å². The molecule has 2 rings (SSSR count). The average molecular weight is 149 g/mol. The number of aryl methyl sites for hydroxylation is 2. The van der Waals surface area contributed by atoms with Gasteiger partial charge < -0.3 is 4.74 Å². The zero-order valence-electron chi connectivity index (χ0n) is 6.85. The Kier molecular flexibility index (Phi) is 1.34. The van der Waals surface area contributed by atoms with E-state index in [0.717, 1.165) is 30.0 Å². The fourth-order valence-corrected chi connectivity index (χ4v) is 1.48. The van der Waals surface area contributed by atoms with Crippen LogP contribution in [0.5, 0.6) is 5.75 Å². The molecule has 0 saturated carbocycles. The van der Waals surface area contributed by atoms with E-state index < -0.39 is 0 Å². The molecule has 0 bridgehead atoms. The molecule has 2 heterocycles. The quantitative estimate of drug-likeness (QED) is 0.559. The molecule has 1 aromatic rings. The van der Waals surface area contributed by atoms with Gasteiger partial charge in [-0.2, -0.15) is 0 Å². The lowest BCUT2D eigenvalue weighted by Crippen LogP contribution is -1.90. The lowest BCUT2D eigenvalue weighted by atomic mass is 10.1. The van der Waals surface area contributed by atoms with Gasteiger partial charge in [0.2, 0.25) is 0 Å². The van der Waals surface area contributed by atoms with Gasteiger partial charge >= 0.3 is 0 Å². The standard InChI is InChI=1S/C9H11NO/c1-6-5-10-7(2)8-3-4-11-9(6)8/h5H,3-4H2,1-2H3. The van der Waals surface area contributed by atoms with Crippen molar-refractivity contribution in [3.05, 3.63) is 23.0 Å². The van der Waals surface area contributed by atoms with E-state index in [9.17, 15) is 0 Å². The van der Waals surface area contributed by atoms with Crippen molar-refractivity contribution in [3.8, 4) is 5.75 Å². The van der Waals surface area contributed by atoms with Crippen molar-refractivity contribution in [2.45, 2.75) is 20.3 Å². The molecule has 0 fully saturated rings. The highest BCUT2D eigenvalue weighted by molar-refractivity contribution is 5.43. The highest BCUT2D eigenvalue weighted by Crippen LogP contribution is 2.29. The van der Waals surface area contributed by atoms with Crippen LogP contribution in [-0.2, 0) is 6.42 Å². The summed E-state index contributed by atoms with van der Waals surface area (Å²) in [6.45, 7) is 4.90. The van der Waals surface area contributed by atoms with E-state index in [0.29, 0.717) is 0 Å². The van der Waals surface area contributed by atoms with Crippen molar-refractivity contribution in [3.63, 3.8) is 0 Å². The maximum Gasteiger partial charge on any atom is 0.128 e. The maximum absolute atomic E-state index is 5.47. The second-order valence-corrected chi connectivity index (χ2v) is 2.93. The summed E-state index contributed by atoms with van der Waals surface area (Å²) >= 11 is 0. The molecule has 2 heteroatoms. The number of rotatable bonds is 0. The van der Waals surface area contributed by atoms with E-state index >= 15 is 0 Å². The van der Waals surface area contributed by atoms with Crippen LogP contribution < -0.4 is 4.74 Å². The number of aromatic nitrogens is 1. The monoisotopic (exact) mass is 149 g/mol. The summed E-state index contributed by atoms with van der Waals surface area (Å²) in [4.78, 5) is 4.27. The van der Waals surface area contributed by atoms with E-state index in [1.807, 2.05) is 20.0 Å². The summed E-state index contributed by atoms with van der Waals surface area (Å²) in [7, 11) is 0. The Morgan fingerprint density at radius 1 is 1.45 bits per heavy atom. The van der Waals surface area contributed by atoms with Crippen molar-refractivity contribution >= 4 is 0 Å². The number of hydrogen-bond donors (Lipinski definition) is 0. The van der Waals surface area contributed by atoms with Gasteiger partial charge in [0, 0.05) is 29.4 Å². The van der Waals surface area contributed by atoms with Gasteiger partial charge in [0.05, 0.1) is 6.61 Å². The fourth-order valence-electron chi connectivity index (χ4n) is 1.48. The van der Waals surface area contributed by atoms with Crippen LogP contribution in [-0.4, -0.2) is 11.6 Å². The minimum Gasteiger partial charge on any atom is -0.493 e. The van der Waals surface area contributed by atoms with Crippen molar-refractivity contribution in [1.82, 2.24) is 4.98 Å². The van der Waals surface area contributed by atoms with Gasteiger partial charge in [-0.25, -0.2) is 0 Å². The van der Waals surface area contributed by atoms with Gasteiger partial charge in [0.1, 0.15) is 5.75 Å². The molecule has 0 aliphatic carbocycles. The first-order valence-corrected chi connectivity index (χ1v) is 3.87. The first kappa shape index (κ1) is 6.65. The largest absolute Gasteiger partial charge is 0.493 e. The first-order valence-electron chi connectivity index (χ1n) is 3.87. The van der Waals surface area contributed by atoms with Crippen molar-refractivity contribution in [2.75, 3.05) is 6.61 Å². The molecule has 0 atom stereocenters. The van der Waals surface area contributed by atoms with Crippen LogP contribution >= 0.6 is 0 Å². The second kappa shape index (κ2) is 2.22. The summed E-state index contributed by atoms with van der Waals surface area (Å²) in [6.07, 6.45) is 2.90. The van der Waals surface area contributed by atoms with Crippen molar-refractivity contribution in [1.29, 1.82) is 0 Å². The molecule has 0 aromatic carbocycles. The molecule has 0 spiro atoms. The molecule has 0 unspecified atom stereocenters. The molecule has 1 aromatic heterocycles. The Balaban J connectivity index is 2.64. The zero-order chi connectivity index (χ0) is 7.84. The number of fused-ring (bicyclic) bond motifs is 1. The summed E-state index contributed by atoms with van der Waals surface area (Å²) in [5, 5.41) is 0. The fraction of sp³-hybridized carbons (Fsp3) is 0.444. The molecule has 1 aliphatic heterocycles. The third-order valence-corrected chi connectivity index (χ3v) is 2.12. The van der Waals surface area contributed by atoms with E-state index in [2.05, 4.69) is 4.98 Å². The van der Waals surface area contributed by atoms with Crippen molar-refractivity contribution in [2.24, 2.45) is 0 Å². The SMILES string of the molecule is Cc1cnc(C)c2c1OCC2.